The Labute approximate surface area is 242 Å². The van der Waals surface area contributed by atoms with Crippen LogP contribution >= 0.6 is 0 Å². The molecule has 2 heterocycles. The number of esters is 1. The molecule has 1 unspecified atom stereocenters. The van der Waals surface area contributed by atoms with Crippen LogP contribution in [0.15, 0.2) is 30.7 Å². The van der Waals surface area contributed by atoms with Crippen LogP contribution in [0, 0.1) is 13.8 Å². The van der Waals surface area contributed by atoms with Gasteiger partial charge in [-0.1, -0.05) is 19.9 Å². The number of aryl methyl sites for hydroxylation is 2. The molecule has 3 N–H and O–H groups in total. The molecule has 0 aliphatic heterocycles. The SMILES string of the molecule is CCCNC(=O)c1ccc(C)c(N(C(=O)OCOC(=O)C(C)NC=O)c2ncnn3cc(C(=O)NCCC)c(C)c23)c1. The van der Waals surface area contributed by atoms with Crippen molar-refractivity contribution in [3.63, 3.8) is 0 Å². The van der Waals surface area contributed by atoms with E-state index >= 15 is 0 Å². The van der Waals surface area contributed by atoms with Gasteiger partial charge in [-0.2, -0.15) is 5.10 Å². The monoisotopic (exact) mass is 581 g/mol. The van der Waals surface area contributed by atoms with E-state index in [2.05, 4.69) is 26.0 Å². The molecule has 3 rings (SSSR count). The van der Waals surface area contributed by atoms with Crippen molar-refractivity contribution in [3.8, 4) is 0 Å². The minimum Gasteiger partial charge on any atom is -0.426 e. The van der Waals surface area contributed by atoms with E-state index in [4.69, 9.17) is 9.47 Å². The summed E-state index contributed by atoms with van der Waals surface area (Å²) in [5.74, 6) is -1.39. The van der Waals surface area contributed by atoms with E-state index in [0.717, 1.165) is 17.7 Å². The van der Waals surface area contributed by atoms with Gasteiger partial charge in [-0.15, -0.1) is 0 Å². The maximum Gasteiger partial charge on any atom is 0.423 e. The number of rotatable bonds is 13. The second-order valence-electron chi connectivity index (χ2n) is 9.39. The van der Waals surface area contributed by atoms with Crippen LogP contribution in [-0.2, 0) is 19.1 Å². The largest absolute Gasteiger partial charge is 0.426 e. The van der Waals surface area contributed by atoms with Gasteiger partial charge in [0, 0.05) is 24.8 Å². The van der Waals surface area contributed by atoms with E-state index in [1.165, 1.54) is 30.0 Å². The van der Waals surface area contributed by atoms with Crippen molar-refractivity contribution in [1.82, 2.24) is 30.5 Å². The van der Waals surface area contributed by atoms with Gasteiger partial charge < -0.3 is 25.4 Å². The molecule has 14 nitrogen and oxygen atoms in total. The van der Waals surface area contributed by atoms with Crippen molar-refractivity contribution in [2.75, 3.05) is 24.8 Å². The summed E-state index contributed by atoms with van der Waals surface area (Å²) in [7, 11) is 0. The van der Waals surface area contributed by atoms with E-state index in [-0.39, 0.29) is 23.3 Å². The third-order valence-electron chi connectivity index (χ3n) is 6.29. The minimum atomic E-state index is -0.980. The zero-order valence-corrected chi connectivity index (χ0v) is 24.2. The summed E-state index contributed by atoms with van der Waals surface area (Å²) in [5.41, 5.74) is 2.35. The number of anilines is 2. The van der Waals surface area contributed by atoms with E-state index < -0.39 is 24.9 Å². The molecule has 0 bridgehead atoms. The Balaban J connectivity index is 2.10. The lowest BCUT2D eigenvalue weighted by Gasteiger charge is -2.24. The van der Waals surface area contributed by atoms with Crippen molar-refractivity contribution < 1.29 is 33.4 Å². The van der Waals surface area contributed by atoms with Crippen molar-refractivity contribution >= 4 is 47.3 Å². The highest BCUT2D eigenvalue weighted by Gasteiger charge is 2.29. The predicted octanol–water partition coefficient (Wildman–Crippen LogP) is 2.54. The lowest BCUT2D eigenvalue weighted by Crippen LogP contribution is -2.36. The van der Waals surface area contributed by atoms with Gasteiger partial charge in [-0.25, -0.2) is 24.0 Å². The van der Waals surface area contributed by atoms with Crippen LogP contribution in [0.2, 0.25) is 0 Å². The van der Waals surface area contributed by atoms with Gasteiger partial charge in [0.1, 0.15) is 17.9 Å². The highest BCUT2D eigenvalue weighted by atomic mass is 16.7. The standard InChI is InChI=1S/C28H35N7O7/c1-6-10-29-25(37)20-9-8-17(3)22(12-20)35(28(40)42-16-41-27(39)19(5)32-15-36)24-23-18(4)21(26(38)30-11-7-2)13-34(23)33-14-31-24/h8-9,12-15,19H,6-7,10-11,16H2,1-5H3,(H,29,37)(H,30,38)(H,32,36). The van der Waals surface area contributed by atoms with Gasteiger partial charge in [0.05, 0.1) is 11.3 Å². The number of aromatic nitrogens is 3. The van der Waals surface area contributed by atoms with Crippen LogP contribution in [0.3, 0.4) is 0 Å². The van der Waals surface area contributed by atoms with Crippen LogP contribution < -0.4 is 20.9 Å². The van der Waals surface area contributed by atoms with E-state index in [1.807, 2.05) is 13.8 Å². The number of hydrogen-bond donors (Lipinski definition) is 3. The number of hydrogen-bond acceptors (Lipinski definition) is 9. The van der Waals surface area contributed by atoms with E-state index in [9.17, 15) is 24.0 Å². The summed E-state index contributed by atoms with van der Waals surface area (Å²) in [6.45, 7) is 8.90. The summed E-state index contributed by atoms with van der Waals surface area (Å²) in [6.07, 6.45) is 3.61. The van der Waals surface area contributed by atoms with Gasteiger partial charge in [-0.05, 0) is 56.9 Å². The van der Waals surface area contributed by atoms with Crippen LogP contribution in [-0.4, -0.2) is 70.8 Å². The zero-order valence-electron chi connectivity index (χ0n) is 24.2. The topological polar surface area (TPSA) is 173 Å². The number of ether oxygens (including phenoxy) is 2. The van der Waals surface area contributed by atoms with E-state index in [1.54, 1.807) is 26.0 Å². The van der Waals surface area contributed by atoms with Crippen LogP contribution in [0.4, 0.5) is 16.3 Å². The number of fused-ring (bicyclic) bond motifs is 1. The average molecular weight is 582 g/mol. The molecular formula is C28H35N7O7. The first-order chi connectivity index (χ1) is 20.1. The third-order valence-corrected chi connectivity index (χ3v) is 6.29. The smallest absolute Gasteiger partial charge is 0.423 e. The zero-order chi connectivity index (χ0) is 30.8. The Morgan fingerprint density at radius 1 is 1.05 bits per heavy atom. The Bertz CT molecular complexity index is 1470. The second kappa shape index (κ2) is 14.6. The highest BCUT2D eigenvalue weighted by Crippen LogP contribution is 2.34. The molecule has 4 amide bonds. The minimum absolute atomic E-state index is 0.0681. The van der Waals surface area contributed by atoms with Crippen molar-refractivity contribution in [2.24, 2.45) is 0 Å². The molecular weight excluding hydrogens is 546 g/mol. The van der Waals surface area contributed by atoms with Gasteiger partial charge in [0.15, 0.2) is 5.82 Å². The molecule has 0 saturated heterocycles. The maximum atomic E-state index is 13.7. The number of nitrogens with zero attached hydrogens (tertiary/aromatic N) is 4. The summed E-state index contributed by atoms with van der Waals surface area (Å²) in [4.78, 5) is 67.5. The molecule has 0 fully saturated rings. The fourth-order valence-corrected chi connectivity index (χ4v) is 4.00. The first-order valence-corrected chi connectivity index (χ1v) is 13.5. The Hall–Kier alpha value is -5.01. The maximum absolute atomic E-state index is 13.7. The van der Waals surface area contributed by atoms with E-state index in [0.29, 0.717) is 47.3 Å². The lowest BCUT2D eigenvalue weighted by atomic mass is 10.1. The number of carbonyl (C=O) groups excluding carboxylic acids is 5. The van der Waals surface area contributed by atoms with Crippen molar-refractivity contribution in [1.29, 1.82) is 0 Å². The average Bonchev–Trinajstić information content (AvgIpc) is 3.32. The molecule has 0 radical (unpaired) electrons. The molecule has 14 heteroatoms. The van der Waals surface area contributed by atoms with Crippen molar-refractivity contribution in [2.45, 2.75) is 53.5 Å². The molecule has 224 valence electrons. The molecule has 0 aliphatic carbocycles. The fourth-order valence-electron chi connectivity index (χ4n) is 4.00. The van der Waals surface area contributed by atoms with Crippen LogP contribution in [0.1, 0.15) is 65.5 Å². The fraction of sp³-hybridized carbons (Fsp3) is 0.393. The Morgan fingerprint density at radius 3 is 2.40 bits per heavy atom. The molecule has 0 aliphatic rings. The highest BCUT2D eigenvalue weighted by molar-refractivity contribution is 6.05. The molecule has 42 heavy (non-hydrogen) atoms. The second-order valence-corrected chi connectivity index (χ2v) is 9.39. The lowest BCUT2D eigenvalue weighted by molar-refractivity contribution is -0.154. The Morgan fingerprint density at radius 2 is 1.74 bits per heavy atom. The molecule has 0 spiro atoms. The number of benzene rings is 1. The quantitative estimate of drug-likeness (QED) is 0.156. The van der Waals surface area contributed by atoms with Gasteiger partial charge in [0.2, 0.25) is 13.2 Å². The first kappa shape index (κ1) is 31.5. The summed E-state index contributed by atoms with van der Waals surface area (Å²) >= 11 is 0. The first-order valence-electron chi connectivity index (χ1n) is 13.5. The van der Waals surface area contributed by atoms with Gasteiger partial charge >= 0.3 is 12.1 Å². The Kier molecular flexibility index (Phi) is 10.9. The van der Waals surface area contributed by atoms with Crippen LogP contribution in [0.25, 0.3) is 5.52 Å². The summed E-state index contributed by atoms with van der Waals surface area (Å²) < 4.78 is 11.7. The van der Waals surface area contributed by atoms with Crippen LogP contribution in [0.5, 0.6) is 0 Å². The van der Waals surface area contributed by atoms with Crippen molar-refractivity contribution in [3.05, 3.63) is 53.0 Å². The van der Waals surface area contributed by atoms with Gasteiger partial charge in [0.25, 0.3) is 11.8 Å². The molecule has 3 aromatic rings. The molecule has 0 saturated carbocycles. The molecule has 1 atom stereocenters. The summed E-state index contributed by atoms with van der Waals surface area (Å²) in [6, 6.07) is 3.87. The number of carbonyl (C=O) groups is 5. The number of amides is 4. The molecule has 2 aromatic heterocycles. The predicted molar refractivity (Wildman–Crippen MR) is 152 cm³/mol. The summed E-state index contributed by atoms with van der Waals surface area (Å²) in [5, 5.41) is 12.1. The normalized spacial score (nSPS) is 11.4. The molecule has 1 aromatic carbocycles. The van der Waals surface area contributed by atoms with Gasteiger partial charge in [-0.3, -0.25) is 14.4 Å². The number of nitrogens with one attached hydrogen (secondary N) is 3. The third kappa shape index (κ3) is 7.19.